The van der Waals surface area contributed by atoms with Gasteiger partial charge in [0.05, 0.1) is 10.5 Å². The number of likely N-dealkylation sites (tertiary alicyclic amines) is 1. The molecule has 0 radical (unpaired) electrons. The zero-order chi connectivity index (χ0) is 19.4. The number of carboxylic acids is 1. The van der Waals surface area contributed by atoms with Crippen molar-refractivity contribution in [3.8, 4) is 0 Å². The van der Waals surface area contributed by atoms with Crippen LogP contribution in [0, 0.1) is 5.92 Å². The van der Waals surface area contributed by atoms with Crippen molar-refractivity contribution in [3.63, 3.8) is 0 Å². The minimum Gasteiger partial charge on any atom is -0.478 e. The Morgan fingerprint density at radius 3 is 2.56 bits per heavy atom. The Kier molecular flexibility index (Phi) is 6.55. The molecular formula is C20H30N2O4S. The van der Waals surface area contributed by atoms with E-state index in [2.05, 4.69) is 16.5 Å². The normalized spacial score (nSPS) is 19.4. The van der Waals surface area contributed by atoms with Crippen LogP contribution in [-0.2, 0) is 22.9 Å². The van der Waals surface area contributed by atoms with Gasteiger partial charge in [-0.2, -0.15) is 0 Å². The van der Waals surface area contributed by atoms with E-state index in [1.807, 2.05) is 0 Å². The molecule has 1 atom stereocenters. The summed E-state index contributed by atoms with van der Waals surface area (Å²) in [5.74, 6) is -0.880. The van der Waals surface area contributed by atoms with Crippen LogP contribution in [0.15, 0.2) is 17.0 Å². The molecule has 27 heavy (non-hydrogen) atoms. The third kappa shape index (κ3) is 5.09. The highest BCUT2D eigenvalue weighted by Gasteiger charge is 2.26. The zero-order valence-corrected chi connectivity index (χ0v) is 16.9. The highest BCUT2D eigenvalue weighted by Crippen LogP contribution is 2.29. The van der Waals surface area contributed by atoms with Gasteiger partial charge >= 0.3 is 5.97 Å². The van der Waals surface area contributed by atoms with Crippen molar-refractivity contribution < 1.29 is 18.3 Å². The SMILES string of the molecule is CC(CNS(=O)(=O)c1cc(C(=O)O)cc2c1CCCC2)CN1CCCCC1. The van der Waals surface area contributed by atoms with E-state index in [-0.39, 0.29) is 16.4 Å². The molecule has 3 rings (SSSR count). The summed E-state index contributed by atoms with van der Waals surface area (Å²) in [6, 6.07) is 2.96. The van der Waals surface area contributed by atoms with E-state index in [0.717, 1.165) is 50.0 Å². The standard InChI is InChI=1S/C20H30N2O4S/c1-15(14-22-9-5-2-6-10-22)13-21-27(25,26)19-12-17(20(23)24)11-16-7-3-4-8-18(16)19/h11-12,15,21H,2-10,13-14H2,1H3,(H,23,24). The van der Waals surface area contributed by atoms with Crippen LogP contribution in [-0.4, -0.2) is 50.6 Å². The molecule has 1 unspecified atom stereocenters. The molecule has 2 aliphatic rings. The summed E-state index contributed by atoms with van der Waals surface area (Å²) in [6.45, 7) is 5.48. The summed E-state index contributed by atoms with van der Waals surface area (Å²) in [5, 5.41) is 9.36. The Hall–Kier alpha value is -1.44. The summed E-state index contributed by atoms with van der Waals surface area (Å²) in [4.78, 5) is 14.0. The number of nitrogens with zero attached hydrogens (tertiary/aromatic N) is 1. The van der Waals surface area contributed by atoms with E-state index < -0.39 is 16.0 Å². The van der Waals surface area contributed by atoms with E-state index in [1.54, 1.807) is 6.07 Å². The summed E-state index contributed by atoms with van der Waals surface area (Å²) in [6.07, 6.45) is 7.05. The lowest BCUT2D eigenvalue weighted by Crippen LogP contribution is -2.38. The third-order valence-corrected chi connectivity index (χ3v) is 7.09. The Morgan fingerprint density at radius 1 is 1.15 bits per heavy atom. The maximum atomic E-state index is 13.0. The number of carbonyl (C=O) groups is 1. The summed E-state index contributed by atoms with van der Waals surface area (Å²) < 4.78 is 28.6. The fourth-order valence-corrected chi connectivity index (χ4v) is 5.67. The second-order valence-corrected chi connectivity index (χ2v) is 9.68. The maximum Gasteiger partial charge on any atom is 0.335 e. The number of piperidine rings is 1. The van der Waals surface area contributed by atoms with Crippen LogP contribution >= 0.6 is 0 Å². The lowest BCUT2D eigenvalue weighted by molar-refractivity contribution is 0.0696. The summed E-state index contributed by atoms with van der Waals surface area (Å²) in [5.41, 5.74) is 1.71. The number of carboxylic acid groups (broad SMARTS) is 1. The molecule has 150 valence electrons. The maximum absolute atomic E-state index is 13.0. The van der Waals surface area contributed by atoms with E-state index in [0.29, 0.717) is 13.0 Å². The molecule has 1 saturated heterocycles. The number of sulfonamides is 1. The second kappa shape index (κ2) is 8.71. The Labute approximate surface area is 162 Å². The van der Waals surface area contributed by atoms with Crippen LogP contribution < -0.4 is 4.72 Å². The van der Waals surface area contributed by atoms with Crippen molar-refractivity contribution in [1.29, 1.82) is 0 Å². The molecule has 2 N–H and O–H groups in total. The van der Waals surface area contributed by atoms with Gasteiger partial charge in [-0.15, -0.1) is 0 Å². The first-order valence-corrected chi connectivity index (χ1v) is 11.5. The molecule has 1 aromatic carbocycles. The van der Waals surface area contributed by atoms with Crippen LogP contribution in [0.4, 0.5) is 0 Å². The van der Waals surface area contributed by atoms with Crippen molar-refractivity contribution in [2.75, 3.05) is 26.2 Å². The van der Waals surface area contributed by atoms with Crippen molar-refractivity contribution >= 4 is 16.0 Å². The molecule has 7 heteroatoms. The van der Waals surface area contributed by atoms with Crippen LogP contribution in [0.5, 0.6) is 0 Å². The predicted octanol–water partition coefficient (Wildman–Crippen LogP) is 2.66. The summed E-state index contributed by atoms with van der Waals surface area (Å²) in [7, 11) is -3.73. The minimum absolute atomic E-state index is 0.0531. The highest BCUT2D eigenvalue weighted by molar-refractivity contribution is 7.89. The van der Waals surface area contributed by atoms with Gasteiger partial charge in [-0.3, -0.25) is 0 Å². The fourth-order valence-electron chi connectivity index (χ4n) is 4.17. The van der Waals surface area contributed by atoms with Crippen LogP contribution in [0.1, 0.15) is 60.5 Å². The van der Waals surface area contributed by atoms with E-state index in [4.69, 9.17) is 0 Å². The molecule has 1 fully saturated rings. The van der Waals surface area contributed by atoms with E-state index >= 15 is 0 Å². The van der Waals surface area contributed by atoms with Crippen molar-refractivity contribution in [2.45, 2.75) is 56.8 Å². The van der Waals surface area contributed by atoms with Crippen LogP contribution in [0.3, 0.4) is 0 Å². The quantitative estimate of drug-likeness (QED) is 0.742. The largest absolute Gasteiger partial charge is 0.478 e. The van der Waals surface area contributed by atoms with Crippen molar-refractivity contribution in [1.82, 2.24) is 9.62 Å². The number of hydrogen-bond acceptors (Lipinski definition) is 4. The first kappa shape index (κ1) is 20.3. The molecule has 1 aliphatic carbocycles. The molecule has 1 heterocycles. The number of benzene rings is 1. The highest BCUT2D eigenvalue weighted by atomic mass is 32.2. The molecule has 0 saturated carbocycles. The molecular weight excluding hydrogens is 364 g/mol. The van der Waals surface area contributed by atoms with Gasteiger partial charge in [0.25, 0.3) is 0 Å². The Balaban J connectivity index is 1.73. The van der Waals surface area contributed by atoms with Crippen molar-refractivity contribution in [2.24, 2.45) is 5.92 Å². The topological polar surface area (TPSA) is 86.7 Å². The number of fused-ring (bicyclic) bond motifs is 1. The van der Waals surface area contributed by atoms with Crippen LogP contribution in [0.2, 0.25) is 0 Å². The second-order valence-electron chi connectivity index (χ2n) is 7.94. The lowest BCUT2D eigenvalue weighted by Gasteiger charge is -2.29. The Bertz CT molecular complexity index is 785. The van der Waals surface area contributed by atoms with Gasteiger partial charge in [0.1, 0.15) is 0 Å². The molecule has 1 aliphatic heterocycles. The Morgan fingerprint density at radius 2 is 1.85 bits per heavy atom. The van der Waals surface area contributed by atoms with Gasteiger partial charge in [-0.05, 0) is 80.8 Å². The predicted molar refractivity (Wildman–Crippen MR) is 105 cm³/mol. The van der Waals surface area contributed by atoms with Crippen LogP contribution in [0.25, 0.3) is 0 Å². The number of rotatable bonds is 7. The van der Waals surface area contributed by atoms with Gasteiger partial charge in [0.2, 0.25) is 10.0 Å². The third-order valence-electron chi connectivity index (χ3n) is 5.60. The van der Waals surface area contributed by atoms with Gasteiger partial charge < -0.3 is 10.0 Å². The number of hydrogen-bond donors (Lipinski definition) is 2. The van der Waals surface area contributed by atoms with Crippen molar-refractivity contribution in [3.05, 3.63) is 28.8 Å². The van der Waals surface area contributed by atoms with E-state index in [9.17, 15) is 18.3 Å². The molecule has 0 amide bonds. The number of aromatic carboxylic acids is 1. The first-order chi connectivity index (χ1) is 12.9. The zero-order valence-electron chi connectivity index (χ0n) is 16.0. The summed E-state index contributed by atoms with van der Waals surface area (Å²) >= 11 is 0. The van der Waals surface area contributed by atoms with Gasteiger partial charge in [0, 0.05) is 13.1 Å². The molecule has 0 bridgehead atoms. The number of nitrogens with one attached hydrogen (secondary N) is 1. The molecule has 0 spiro atoms. The minimum atomic E-state index is -3.73. The number of aryl methyl sites for hydroxylation is 1. The molecule has 6 nitrogen and oxygen atoms in total. The van der Waals surface area contributed by atoms with E-state index in [1.165, 1.54) is 25.3 Å². The van der Waals surface area contributed by atoms with Gasteiger partial charge in [-0.1, -0.05) is 13.3 Å². The first-order valence-electron chi connectivity index (χ1n) is 9.98. The monoisotopic (exact) mass is 394 g/mol. The molecule has 1 aromatic rings. The average Bonchev–Trinajstić information content (AvgIpc) is 2.66. The fraction of sp³-hybridized carbons (Fsp3) is 0.650. The molecule has 0 aromatic heterocycles. The average molecular weight is 395 g/mol. The lowest BCUT2D eigenvalue weighted by atomic mass is 9.90. The van der Waals surface area contributed by atoms with Gasteiger partial charge in [0.15, 0.2) is 0 Å². The van der Waals surface area contributed by atoms with Gasteiger partial charge in [-0.25, -0.2) is 17.9 Å². The smallest absolute Gasteiger partial charge is 0.335 e.